The van der Waals surface area contributed by atoms with E-state index in [-0.39, 0.29) is 17.8 Å². The zero-order valence-corrected chi connectivity index (χ0v) is 18.3. The van der Waals surface area contributed by atoms with Gasteiger partial charge < -0.3 is 15.4 Å². The molecule has 2 N–H and O–H groups in total. The quantitative estimate of drug-likeness (QED) is 0.439. The molecule has 3 aromatic carbocycles. The van der Waals surface area contributed by atoms with Crippen molar-refractivity contribution in [2.75, 3.05) is 19.0 Å². The number of hydrogen-bond donors (Lipinski definition) is 2. The molecule has 1 amide bonds. The number of carbonyl (C=O) groups is 2. The number of nitrogens with one attached hydrogen (secondary N) is 2. The van der Waals surface area contributed by atoms with E-state index in [9.17, 15) is 14.0 Å². The lowest BCUT2D eigenvalue weighted by Crippen LogP contribution is -2.31. The Hall–Kier alpha value is -3.97. The fraction of sp³-hybridized carbons (Fsp3) is 0.0800. The molecule has 0 aromatic heterocycles. The number of aliphatic imine (C=N–C) groups is 1. The Labute approximate surface area is 194 Å². The first-order valence-corrected chi connectivity index (χ1v) is 10.4. The summed E-state index contributed by atoms with van der Waals surface area (Å²) in [4.78, 5) is 29.9. The van der Waals surface area contributed by atoms with Crippen LogP contribution in [0.3, 0.4) is 0 Å². The summed E-state index contributed by atoms with van der Waals surface area (Å²) >= 11 is 6.21. The molecular formula is C25H19ClFN3O3. The summed E-state index contributed by atoms with van der Waals surface area (Å²) in [7, 11) is 1.22. The number of nitrogens with zero attached hydrogens (tertiary/aromatic N) is 1. The molecule has 0 aliphatic carbocycles. The van der Waals surface area contributed by atoms with Crippen LogP contribution in [-0.2, 0) is 9.53 Å². The first-order chi connectivity index (χ1) is 16.0. The van der Waals surface area contributed by atoms with Crippen LogP contribution < -0.4 is 10.6 Å². The number of ether oxygens (including phenoxy) is 1. The summed E-state index contributed by atoms with van der Waals surface area (Å²) in [6, 6.07) is 19.8. The molecule has 0 spiro atoms. The van der Waals surface area contributed by atoms with Crippen molar-refractivity contribution in [3.8, 4) is 0 Å². The zero-order valence-electron chi connectivity index (χ0n) is 17.6. The molecule has 0 fully saturated rings. The van der Waals surface area contributed by atoms with E-state index in [0.717, 1.165) is 0 Å². The van der Waals surface area contributed by atoms with Gasteiger partial charge in [0.25, 0.3) is 5.91 Å². The van der Waals surface area contributed by atoms with Gasteiger partial charge in [-0.1, -0.05) is 41.9 Å². The van der Waals surface area contributed by atoms with Crippen LogP contribution in [0.1, 0.15) is 21.5 Å². The van der Waals surface area contributed by atoms with Crippen LogP contribution in [-0.4, -0.2) is 31.2 Å². The third-order valence-corrected chi connectivity index (χ3v) is 5.25. The molecule has 0 unspecified atom stereocenters. The third kappa shape index (κ3) is 4.78. The highest BCUT2D eigenvalue weighted by Gasteiger charge is 2.25. The van der Waals surface area contributed by atoms with Crippen molar-refractivity contribution < 1.29 is 18.7 Å². The highest BCUT2D eigenvalue weighted by molar-refractivity contribution is 6.31. The number of anilines is 1. The molecule has 33 heavy (non-hydrogen) atoms. The van der Waals surface area contributed by atoms with E-state index in [1.165, 1.54) is 13.2 Å². The van der Waals surface area contributed by atoms with Crippen molar-refractivity contribution >= 4 is 34.9 Å². The lowest BCUT2D eigenvalue weighted by atomic mass is 10.00. The van der Waals surface area contributed by atoms with Crippen molar-refractivity contribution in [2.24, 2.45) is 4.99 Å². The number of fused-ring (bicyclic) bond motifs is 1. The van der Waals surface area contributed by atoms with Gasteiger partial charge in [-0.2, -0.15) is 0 Å². The molecule has 0 saturated carbocycles. The molecule has 0 atom stereocenters. The SMILES string of the molecule is COC(=O)/C(NC(=O)c1ccccc1)=C1/CN=C(c2ccccc2F)c2cc(Cl)ccc2N1. The van der Waals surface area contributed by atoms with Crippen LogP contribution in [0.2, 0.25) is 5.02 Å². The monoisotopic (exact) mass is 463 g/mol. The van der Waals surface area contributed by atoms with E-state index in [2.05, 4.69) is 15.6 Å². The van der Waals surface area contributed by atoms with Crippen molar-refractivity contribution in [3.05, 3.63) is 112 Å². The standard InChI is InChI=1S/C25H19ClFN3O3/c1-33-25(32)23(30-24(31)15-7-3-2-4-8-15)21-14-28-22(17-9-5-6-10-19(17)27)18-13-16(26)11-12-20(18)29-21/h2-13,29H,14H2,1H3,(H,30,31)/b23-21+. The van der Waals surface area contributed by atoms with Crippen LogP contribution in [0.15, 0.2) is 89.2 Å². The Balaban J connectivity index is 1.83. The molecular weight excluding hydrogens is 445 g/mol. The molecule has 166 valence electrons. The highest BCUT2D eigenvalue weighted by Crippen LogP contribution is 2.29. The van der Waals surface area contributed by atoms with Gasteiger partial charge in [-0.3, -0.25) is 9.79 Å². The average Bonchev–Trinajstić information content (AvgIpc) is 3.02. The van der Waals surface area contributed by atoms with E-state index in [4.69, 9.17) is 16.3 Å². The Kier molecular flexibility index (Phi) is 6.51. The fourth-order valence-corrected chi connectivity index (χ4v) is 3.59. The maximum atomic E-state index is 14.6. The summed E-state index contributed by atoms with van der Waals surface area (Å²) in [5.41, 5.74) is 2.33. The molecule has 0 saturated heterocycles. The van der Waals surface area contributed by atoms with Gasteiger partial charge in [0.05, 0.1) is 25.1 Å². The molecule has 1 aliphatic rings. The Morgan fingerprint density at radius 1 is 1.03 bits per heavy atom. The molecule has 1 aliphatic heterocycles. The van der Waals surface area contributed by atoms with Crippen LogP contribution >= 0.6 is 11.6 Å². The maximum absolute atomic E-state index is 14.6. The number of esters is 1. The number of halogens is 2. The molecule has 8 heteroatoms. The Morgan fingerprint density at radius 3 is 2.48 bits per heavy atom. The molecule has 6 nitrogen and oxygen atoms in total. The molecule has 3 aromatic rings. The number of benzodiazepines with no additional fused rings is 1. The number of hydrogen-bond acceptors (Lipinski definition) is 5. The first kappa shape index (κ1) is 22.2. The average molecular weight is 464 g/mol. The number of amides is 1. The van der Waals surface area contributed by atoms with Gasteiger partial charge in [-0.15, -0.1) is 0 Å². The highest BCUT2D eigenvalue weighted by atomic mass is 35.5. The molecule has 4 rings (SSSR count). The lowest BCUT2D eigenvalue weighted by molar-refractivity contribution is -0.136. The molecule has 0 bridgehead atoms. The molecule has 1 heterocycles. The van der Waals surface area contributed by atoms with Gasteiger partial charge >= 0.3 is 5.97 Å². The van der Waals surface area contributed by atoms with Gasteiger partial charge in [0.2, 0.25) is 0 Å². The summed E-state index contributed by atoms with van der Waals surface area (Å²) in [5, 5.41) is 6.21. The third-order valence-electron chi connectivity index (χ3n) is 5.01. The van der Waals surface area contributed by atoms with E-state index in [0.29, 0.717) is 33.2 Å². The summed E-state index contributed by atoms with van der Waals surface area (Å²) in [5.74, 6) is -1.67. The van der Waals surface area contributed by atoms with Crippen molar-refractivity contribution in [1.29, 1.82) is 0 Å². The van der Waals surface area contributed by atoms with Crippen molar-refractivity contribution in [2.45, 2.75) is 0 Å². The topological polar surface area (TPSA) is 79.8 Å². The summed E-state index contributed by atoms with van der Waals surface area (Å²) in [6.45, 7) is -0.0462. The Bertz CT molecular complexity index is 1290. The van der Waals surface area contributed by atoms with Crippen LogP contribution in [0, 0.1) is 5.82 Å². The predicted octanol–water partition coefficient (Wildman–Crippen LogP) is 4.56. The molecule has 0 radical (unpaired) electrons. The lowest BCUT2D eigenvalue weighted by Gasteiger charge is -2.15. The second-order valence-electron chi connectivity index (χ2n) is 7.12. The van der Waals surface area contributed by atoms with E-state index in [1.54, 1.807) is 66.7 Å². The van der Waals surface area contributed by atoms with Gasteiger partial charge in [-0.25, -0.2) is 9.18 Å². The van der Waals surface area contributed by atoms with Crippen LogP contribution in [0.4, 0.5) is 10.1 Å². The minimum atomic E-state index is -0.748. The zero-order chi connectivity index (χ0) is 23.4. The maximum Gasteiger partial charge on any atom is 0.356 e. The predicted molar refractivity (Wildman–Crippen MR) is 125 cm³/mol. The first-order valence-electron chi connectivity index (χ1n) is 10.0. The number of benzene rings is 3. The second kappa shape index (κ2) is 9.67. The fourth-order valence-electron chi connectivity index (χ4n) is 3.42. The minimum absolute atomic E-state index is 0.0462. The normalized spacial score (nSPS) is 14.2. The minimum Gasteiger partial charge on any atom is -0.464 e. The van der Waals surface area contributed by atoms with Gasteiger partial charge in [-0.05, 0) is 42.5 Å². The second-order valence-corrected chi connectivity index (χ2v) is 7.56. The number of carbonyl (C=O) groups excluding carboxylic acids is 2. The van der Waals surface area contributed by atoms with Gasteiger partial charge in [0.15, 0.2) is 0 Å². The van der Waals surface area contributed by atoms with Gasteiger partial charge in [0, 0.05) is 27.4 Å². The summed E-state index contributed by atoms with van der Waals surface area (Å²) < 4.78 is 19.5. The Morgan fingerprint density at radius 2 is 1.76 bits per heavy atom. The van der Waals surface area contributed by atoms with Crippen LogP contribution in [0.5, 0.6) is 0 Å². The van der Waals surface area contributed by atoms with E-state index in [1.807, 2.05) is 0 Å². The smallest absolute Gasteiger partial charge is 0.356 e. The van der Waals surface area contributed by atoms with Crippen molar-refractivity contribution in [1.82, 2.24) is 5.32 Å². The van der Waals surface area contributed by atoms with E-state index >= 15 is 0 Å². The van der Waals surface area contributed by atoms with E-state index < -0.39 is 17.7 Å². The summed E-state index contributed by atoms with van der Waals surface area (Å²) in [6.07, 6.45) is 0. The number of methoxy groups -OCH3 is 1. The van der Waals surface area contributed by atoms with Crippen molar-refractivity contribution in [3.63, 3.8) is 0 Å². The number of rotatable bonds is 4. The van der Waals surface area contributed by atoms with Gasteiger partial charge in [0.1, 0.15) is 11.5 Å². The van der Waals surface area contributed by atoms with Crippen LogP contribution in [0.25, 0.3) is 0 Å². The largest absolute Gasteiger partial charge is 0.464 e.